The van der Waals surface area contributed by atoms with Crippen molar-refractivity contribution in [3.63, 3.8) is 0 Å². The van der Waals surface area contributed by atoms with Gasteiger partial charge >= 0.3 is 6.18 Å². The maximum Gasteiger partial charge on any atom is 0.416 e. The molecule has 2 aromatic rings. The second-order valence-corrected chi connectivity index (χ2v) is 7.05. The first kappa shape index (κ1) is 21.6. The van der Waals surface area contributed by atoms with Gasteiger partial charge in [-0.3, -0.25) is 4.79 Å². The van der Waals surface area contributed by atoms with Crippen LogP contribution in [0, 0.1) is 0 Å². The summed E-state index contributed by atoms with van der Waals surface area (Å²) in [5.41, 5.74) is -0.836. The molecule has 0 radical (unpaired) electrons. The van der Waals surface area contributed by atoms with Gasteiger partial charge in [-0.25, -0.2) is 14.9 Å². The maximum absolute atomic E-state index is 12.8. The van der Waals surface area contributed by atoms with Gasteiger partial charge in [0.25, 0.3) is 0 Å². The van der Waals surface area contributed by atoms with Crippen LogP contribution in [0.5, 0.6) is 5.75 Å². The van der Waals surface area contributed by atoms with Crippen molar-refractivity contribution >= 4 is 11.7 Å². The number of aliphatic imine (C=N–C) groups is 1. The highest BCUT2D eigenvalue weighted by atomic mass is 19.4. The number of ether oxygens (including phenoxy) is 1. The first-order valence-corrected chi connectivity index (χ1v) is 9.20. The van der Waals surface area contributed by atoms with E-state index in [1.165, 1.54) is 17.2 Å². The van der Waals surface area contributed by atoms with E-state index in [1.54, 1.807) is 27.1 Å². The van der Waals surface area contributed by atoms with Crippen LogP contribution in [0.25, 0.3) is 0 Å². The van der Waals surface area contributed by atoms with Gasteiger partial charge in [-0.1, -0.05) is 24.3 Å². The lowest BCUT2D eigenvalue weighted by Gasteiger charge is -2.21. The highest BCUT2D eigenvalue weighted by Crippen LogP contribution is 2.31. The van der Waals surface area contributed by atoms with Gasteiger partial charge in [-0.15, -0.1) is 0 Å². The molecule has 1 aliphatic rings. The summed E-state index contributed by atoms with van der Waals surface area (Å²) in [6, 6.07) is 12.1. The van der Waals surface area contributed by atoms with Gasteiger partial charge in [0.1, 0.15) is 5.75 Å². The largest absolute Gasteiger partial charge is 0.496 e. The molecule has 0 saturated carbocycles. The van der Waals surface area contributed by atoms with Gasteiger partial charge in [0.15, 0.2) is 11.6 Å². The average molecular weight is 421 g/mol. The van der Waals surface area contributed by atoms with Gasteiger partial charge in [0.05, 0.1) is 24.7 Å². The molecule has 0 aliphatic carbocycles. The molecule has 1 amide bonds. The molecule has 0 saturated heterocycles. The number of nitrogens with one attached hydrogen (secondary N) is 1. The van der Waals surface area contributed by atoms with Crippen LogP contribution in [0.2, 0.25) is 0 Å². The predicted molar refractivity (Wildman–Crippen MR) is 105 cm³/mol. The molecule has 0 bridgehead atoms. The van der Waals surface area contributed by atoms with E-state index in [9.17, 15) is 18.0 Å². The van der Waals surface area contributed by atoms with Crippen molar-refractivity contribution in [3.05, 3.63) is 65.2 Å². The highest BCUT2D eigenvalue weighted by molar-refractivity contribution is 6.01. The molecule has 2 aromatic carbocycles. The van der Waals surface area contributed by atoms with Crippen LogP contribution in [0.4, 0.5) is 13.2 Å². The van der Waals surface area contributed by atoms with Crippen LogP contribution in [-0.2, 0) is 22.4 Å². The van der Waals surface area contributed by atoms with Crippen LogP contribution in [0.3, 0.4) is 0 Å². The number of hydrogen-bond acceptors (Lipinski definition) is 5. The molecule has 1 unspecified atom stereocenters. The fourth-order valence-corrected chi connectivity index (χ4v) is 3.20. The molecule has 1 N–H and O–H groups in total. The van der Waals surface area contributed by atoms with E-state index in [4.69, 9.17) is 9.57 Å². The number of hydroxylamine groups is 2. The van der Waals surface area contributed by atoms with Crippen molar-refractivity contribution in [1.29, 1.82) is 0 Å². The number of hydrogen-bond donors (Lipinski definition) is 1. The molecule has 6 nitrogen and oxygen atoms in total. The second kappa shape index (κ2) is 8.35. The number of carbonyl (C=O) groups is 1. The fraction of sp³-hybridized carbons (Fsp3) is 0.333. The third kappa shape index (κ3) is 4.91. The van der Waals surface area contributed by atoms with Gasteiger partial charge < -0.3 is 10.1 Å². The summed E-state index contributed by atoms with van der Waals surface area (Å²) in [7, 11) is 3.23. The van der Waals surface area contributed by atoms with Gasteiger partial charge in [-0.2, -0.15) is 13.2 Å². The molecule has 0 aromatic heterocycles. The molecule has 3 rings (SSSR count). The quantitative estimate of drug-likeness (QED) is 0.772. The first-order chi connectivity index (χ1) is 14.1. The Morgan fingerprint density at radius 1 is 1.23 bits per heavy atom. The molecular formula is C21H22F3N3O3. The molecule has 0 spiro atoms. The van der Waals surface area contributed by atoms with Crippen molar-refractivity contribution in [2.45, 2.75) is 31.8 Å². The Bertz CT molecular complexity index is 962. The van der Waals surface area contributed by atoms with Crippen LogP contribution in [0.15, 0.2) is 53.5 Å². The van der Waals surface area contributed by atoms with E-state index >= 15 is 0 Å². The van der Waals surface area contributed by atoms with Crippen LogP contribution in [0.1, 0.15) is 30.0 Å². The Kier molecular flexibility index (Phi) is 6.02. The predicted octanol–water partition coefficient (Wildman–Crippen LogP) is 3.76. The number of nitrogens with zero attached hydrogens (tertiary/aromatic N) is 2. The number of para-hydroxylation sites is 1. The van der Waals surface area contributed by atoms with Crippen molar-refractivity contribution in [1.82, 2.24) is 10.4 Å². The lowest BCUT2D eigenvalue weighted by Crippen LogP contribution is -2.35. The van der Waals surface area contributed by atoms with Crippen LogP contribution < -0.4 is 10.1 Å². The van der Waals surface area contributed by atoms with E-state index in [0.29, 0.717) is 17.1 Å². The van der Waals surface area contributed by atoms with Gasteiger partial charge in [0, 0.05) is 13.6 Å². The summed E-state index contributed by atoms with van der Waals surface area (Å²) in [5, 5.41) is 4.09. The standard InChI is InChI=1S/C21H22F3N3O3/c1-20(26-19(27(2)30-20)16-9-4-5-10-17(16)29-3)12-18(28)25-13-14-7-6-8-15(11-14)21(22,23)24/h4-11H,12-13H2,1-3H3,(H,25,28). The van der Waals surface area contributed by atoms with Crippen LogP contribution in [-0.4, -0.2) is 36.7 Å². The number of rotatable bonds is 6. The third-order valence-electron chi connectivity index (χ3n) is 4.55. The zero-order chi connectivity index (χ0) is 21.9. The third-order valence-corrected chi connectivity index (χ3v) is 4.55. The second-order valence-electron chi connectivity index (χ2n) is 7.05. The van der Waals surface area contributed by atoms with Gasteiger partial charge in [-0.05, 0) is 36.8 Å². The van der Waals surface area contributed by atoms with Crippen molar-refractivity contribution < 1.29 is 27.5 Å². The summed E-state index contributed by atoms with van der Waals surface area (Å²) < 4.78 is 43.8. The maximum atomic E-state index is 12.8. The Hall–Kier alpha value is -3.07. The van der Waals surface area contributed by atoms with Crippen molar-refractivity contribution in [2.24, 2.45) is 4.99 Å². The molecular weight excluding hydrogens is 399 g/mol. The summed E-state index contributed by atoms with van der Waals surface area (Å²) in [6.45, 7) is 1.63. The molecule has 1 atom stereocenters. The Labute approximate surface area is 172 Å². The molecule has 0 fully saturated rings. The number of amidine groups is 1. The lowest BCUT2D eigenvalue weighted by molar-refractivity contribution is -0.166. The Balaban J connectivity index is 1.67. The summed E-state index contributed by atoms with van der Waals surface area (Å²) in [5.74, 6) is 0.735. The average Bonchev–Trinajstić information content (AvgIpc) is 2.99. The molecule has 30 heavy (non-hydrogen) atoms. The zero-order valence-electron chi connectivity index (χ0n) is 16.8. The zero-order valence-corrected chi connectivity index (χ0v) is 16.8. The van der Waals surface area contributed by atoms with Crippen molar-refractivity contribution in [3.8, 4) is 5.75 Å². The molecule has 1 heterocycles. The minimum absolute atomic E-state index is 0.0300. The molecule has 1 aliphatic heterocycles. The first-order valence-electron chi connectivity index (χ1n) is 9.20. The van der Waals surface area contributed by atoms with E-state index in [-0.39, 0.29) is 13.0 Å². The summed E-state index contributed by atoms with van der Waals surface area (Å²) in [6.07, 6.45) is -4.53. The monoisotopic (exact) mass is 421 g/mol. The minimum Gasteiger partial charge on any atom is -0.496 e. The lowest BCUT2D eigenvalue weighted by atomic mass is 10.1. The highest BCUT2D eigenvalue weighted by Gasteiger charge is 2.38. The van der Waals surface area contributed by atoms with E-state index in [0.717, 1.165) is 17.7 Å². The SMILES string of the molecule is COc1ccccc1C1=NC(C)(CC(=O)NCc2cccc(C(F)(F)F)c2)ON1C. The van der Waals surface area contributed by atoms with E-state index in [2.05, 4.69) is 10.3 Å². The Morgan fingerprint density at radius 3 is 2.67 bits per heavy atom. The number of benzene rings is 2. The van der Waals surface area contributed by atoms with Crippen LogP contribution >= 0.6 is 0 Å². The number of amides is 1. The summed E-state index contributed by atoms with van der Waals surface area (Å²) >= 11 is 0. The van der Waals surface area contributed by atoms with Gasteiger partial charge in [0.2, 0.25) is 5.91 Å². The van der Waals surface area contributed by atoms with E-state index in [1.807, 2.05) is 18.2 Å². The molecule has 9 heteroatoms. The number of methoxy groups -OCH3 is 1. The summed E-state index contributed by atoms with van der Waals surface area (Å²) in [4.78, 5) is 22.7. The Morgan fingerprint density at radius 2 is 1.97 bits per heavy atom. The smallest absolute Gasteiger partial charge is 0.416 e. The topological polar surface area (TPSA) is 63.2 Å². The molecule has 160 valence electrons. The fourth-order valence-electron chi connectivity index (χ4n) is 3.20. The van der Waals surface area contributed by atoms with Crippen molar-refractivity contribution in [2.75, 3.05) is 14.2 Å². The van der Waals surface area contributed by atoms with E-state index < -0.39 is 23.4 Å². The normalized spacial score (nSPS) is 18.9. The number of alkyl halides is 3. The minimum atomic E-state index is -4.43. The number of halogens is 3. The number of carbonyl (C=O) groups excluding carboxylic acids is 1.